The van der Waals surface area contributed by atoms with Crippen molar-refractivity contribution in [3.8, 4) is 6.07 Å². The normalized spacial score (nSPS) is 14.8. The highest BCUT2D eigenvalue weighted by atomic mass is 79.9. The number of aromatic nitrogens is 3. The number of rotatable bonds is 2. The van der Waals surface area contributed by atoms with Crippen molar-refractivity contribution in [2.24, 2.45) is 0 Å². The van der Waals surface area contributed by atoms with Gasteiger partial charge in [-0.3, -0.25) is 0 Å². The number of allylic oxidation sites excluding steroid dienone is 1. The third kappa shape index (κ3) is 3.00. The van der Waals surface area contributed by atoms with Crippen molar-refractivity contribution in [1.29, 1.82) is 5.26 Å². The molecule has 0 N–H and O–H groups in total. The number of aryl methyl sites for hydroxylation is 1. The van der Waals surface area contributed by atoms with Gasteiger partial charge < -0.3 is 4.57 Å². The molecule has 2 aromatic heterocycles. The van der Waals surface area contributed by atoms with Gasteiger partial charge in [0.25, 0.3) is 0 Å². The molecule has 20 heavy (non-hydrogen) atoms. The standard InChI is InChI=1S/C14H14N4S.BrH/c15-10-11(9-12-5-4-8-19-12)14-17-16-13-6-2-1-3-7-18(13)14;/h4-5,8-9H,1-3,6-7H2;1H. The molecule has 2 aromatic rings. The molecule has 104 valence electrons. The van der Waals surface area contributed by atoms with Gasteiger partial charge in [0.05, 0.1) is 5.57 Å². The summed E-state index contributed by atoms with van der Waals surface area (Å²) >= 11 is 1.62. The smallest absolute Gasteiger partial charge is 0.174 e. The van der Waals surface area contributed by atoms with Crippen LogP contribution >= 0.6 is 28.3 Å². The Balaban J connectivity index is 0.00000147. The molecule has 1 aliphatic rings. The molecule has 0 saturated heterocycles. The van der Waals surface area contributed by atoms with E-state index in [2.05, 4.69) is 20.8 Å². The average molecular weight is 351 g/mol. The van der Waals surface area contributed by atoms with Gasteiger partial charge in [-0.15, -0.1) is 38.5 Å². The number of nitriles is 1. The highest BCUT2D eigenvalue weighted by Crippen LogP contribution is 2.22. The van der Waals surface area contributed by atoms with Crippen LogP contribution in [0.4, 0.5) is 0 Å². The quantitative estimate of drug-likeness (QED) is 0.775. The van der Waals surface area contributed by atoms with Crippen molar-refractivity contribution < 1.29 is 0 Å². The molecule has 0 amide bonds. The number of fused-ring (bicyclic) bond motifs is 1. The second kappa shape index (κ2) is 6.82. The molecular weight excluding hydrogens is 336 g/mol. The molecule has 0 aliphatic carbocycles. The monoisotopic (exact) mass is 350 g/mol. The number of nitrogens with zero attached hydrogens (tertiary/aromatic N) is 4. The van der Waals surface area contributed by atoms with Crippen molar-refractivity contribution >= 4 is 40.0 Å². The predicted octanol–water partition coefficient (Wildman–Crippen LogP) is 3.71. The Morgan fingerprint density at radius 1 is 1.35 bits per heavy atom. The van der Waals surface area contributed by atoms with Crippen LogP contribution < -0.4 is 0 Å². The summed E-state index contributed by atoms with van der Waals surface area (Å²) in [5, 5.41) is 19.8. The van der Waals surface area contributed by atoms with Crippen LogP contribution in [0.5, 0.6) is 0 Å². The minimum absolute atomic E-state index is 0. The zero-order valence-corrected chi connectivity index (χ0v) is 13.5. The van der Waals surface area contributed by atoms with E-state index in [1.54, 1.807) is 11.3 Å². The van der Waals surface area contributed by atoms with Crippen molar-refractivity contribution in [3.05, 3.63) is 34.0 Å². The lowest BCUT2D eigenvalue weighted by molar-refractivity contribution is 0.627. The first-order chi connectivity index (χ1) is 9.38. The SMILES string of the molecule is Br.N#CC(=Cc1cccs1)c1nnc2n1CCCCC2. The van der Waals surface area contributed by atoms with Crippen LogP contribution in [0.25, 0.3) is 11.6 Å². The van der Waals surface area contributed by atoms with Crippen molar-refractivity contribution in [3.63, 3.8) is 0 Å². The molecule has 4 nitrogen and oxygen atoms in total. The molecular formula is C14H15BrN4S. The van der Waals surface area contributed by atoms with Gasteiger partial charge in [-0.25, -0.2) is 0 Å². The minimum Gasteiger partial charge on any atom is -0.310 e. The summed E-state index contributed by atoms with van der Waals surface area (Å²) in [6.07, 6.45) is 6.38. The first-order valence-electron chi connectivity index (χ1n) is 6.46. The fraction of sp³-hybridized carbons (Fsp3) is 0.357. The topological polar surface area (TPSA) is 54.5 Å². The van der Waals surface area contributed by atoms with Gasteiger partial charge in [0.1, 0.15) is 11.9 Å². The van der Waals surface area contributed by atoms with E-state index in [1.807, 2.05) is 23.6 Å². The van der Waals surface area contributed by atoms with E-state index < -0.39 is 0 Å². The van der Waals surface area contributed by atoms with E-state index in [-0.39, 0.29) is 17.0 Å². The Labute approximate surface area is 132 Å². The van der Waals surface area contributed by atoms with E-state index in [0.717, 1.165) is 36.5 Å². The third-order valence-corrected chi connectivity index (χ3v) is 4.12. The average Bonchev–Trinajstić information content (AvgIpc) is 3.01. The molecule has 1 aliphatic heterocycles. The van der Waals surface area contributed by atoms with Gasteiger partial charge in [-0.05, 0) is 30.4 Å². The zero-order valence-electron chi connectivity index (χ0n) is 11.0. The molecule has 0 aromatic carbocycles. The highest BCUT2D eigenvalue weighted by Gasteiger charge is 2.17. The Morgan fingerprint density at radius 2 is 2.25 bits per heavy atom. The van der Waals surface area contributed by atoms with Crippen LogP contribution in [-0.2, 0) is 13.0 Å². The first kappa shape index (κ1) is 14.9. The summed E-state index contributed by atoms with van der Waals surface area (Å²) in [6, 6.07) is 6.24. The molecule has 3 heterocycles. The molecule has 0 spiro atoms. The Hall–Kier alpha value is -1.45. The van der Waals surface area contributed by atoms with Crippen LogP contribution in [0.3, 0.4) is 0 Å². The molecule has 0 bridgehead atoms. The summed E-state index contributed by atoms with van der Waals surface area (Å²) in [6.45, 7) is 0.918. The summed E-state index contributed by atoms with van der Waals surface area (Å²) < 4.78 is 2.11. The maximum absolute atomic E-state index is 9.37. The third-order valence-electron chi connectivity index (χ3n) is 3.30. The van der Waals surface area contributed by atoms with Gasteiger partial charge in [0.15, 0.2) is 5.82 Å². The summed E-state index contributed by atoms with van der Waals surface area (Å²) in [4.78, 5) is 1.07. The largest absolute Gasteiger partial charge is 0.310 e. The van der Waals surface area contributed by atoms with Crippen LogP contribution in [0.2, 0.25) is 0 Å². The Morgan fingerprint density at radius 3 is 3.00 bits per heavy atom. The molecule has 0 radical (unpaired) electrons. The maximum atomic E-state index is 9.37. The molecule has 0 saturated carbocycles. The van der Waals surface area contributed by atoms with Gasteiger partial charge in [0.2, 0.25) is 0 Å². The van der Waals surface area contributed by atoms with Crippen molar-refractivity contribution in [1.82, 2.24) is 14.8 Å². The van der Waals surface area contributed by atoms with Gasteiger partial charge in [-0.2, -0.15) is 5.26 Å². The second-order valence-electron chi connectivity index (χ2n) is 4.59. The van der Waals surface area contributed by atoms with Crippen LogP contribution in [0.15, 0.2) is 17.5 Å². The van der Waals surface area contributed by atoms with Crippen molar-refractivity contribution in [2.45, 2.75) is 32.2 Å². The molecule has 0 unspecified atom stereocenters. The highest BCUT2D eigenvalue weighted by molar-refractivity contribution is 8.93. The number of thiophene rings is 1. The zero-order chi connectivity index (χ0) is 13.1. The molecule has 0 atom stereocenters. The first-order valence-corrected chi connectivity index (χ1v) is 7.34. The second-order valence-corrected chi connectivity index (χ2v) is 5.57. The molecule has 3 rings (SSSR count). The lowest BCUT2D eigenvalue weighted by Gasteiger charge is -2.05. The molecule has 0 fully saturated rings. The minimum atomic E-state index is 0. The Bertz CT molecular complexity index is 637. The van der Waals surface area contributed by atoms with Crippen LogP contribution in [-0.4, -0.2) is 14.8 Å². The lowest BCUT2D eigenvalue weighted by Crippen LogP contribution is -2.05. The fourth-order valence-electron chi connectivity index (χ4n) is 2.35. The van der Waals surface area contributed by atoms with E-state index in [9.17, 15) is 5.26 Å². The van der Waals surface area contributed by atoms with Gasteiger partial charge in [0, 0.05) is 17.8 Å². The number of hydrogen-bond donors (Lipinski definition) is 0. The van der Waals surface area contributed by atoms with Crippen LogP contribution in [0, 0.1) is 11.3 Å². The summed E-state index contributed by atoms with van der Waals surface area (Å²) in [7, 11) is 0. The number of halogens is 1. The van der Waals surface area contributed by atoms with Crippen molar-refractivity contribution in [2.75, 3.05) is 0 Å². The van der Waals surface area contributed by atoms with E-state index >= 15 is 0 Å². The number of hydrogen-bond acceptors (Lipinski definition) is 4. The molecule has 6 heteroatoms. The fourth-order valence-corrected chi connectivity index (χ4v) is 3.00. The summed E-state index contributed by atoms with van der Waals surface area (Å²) in [5.41, 5.74) is 0.600. The lowest BCUT2D eigenvalue weighted by atomic mass is 10.2. The van der Waals surface area contributed by atoms with E-state index in [4.69, 9.17) is 0 Å². The van der Waals surface area contributed by atoms with Gasteiger partial charge in [-0.1, -0.05) is 12.5 Å². The maximum Gasteiger partial charge on any atom is 0.174 e. The summed E-state index contributed by atoms with van der Waals surface area (Å²) in [5.74, 6) is 1.73. The van der Waals surface area contributed by atoms with E-state index in [1.165, 1.54) is 6.42 Å². The Kier molecular flexibility index (Phi) is 5.10. The van der Waals surface area contributed by atoms with E-state index in [0.29, 0.717) is 11.4 Å². The predicted molar refractivity (Wildman–Crippen MR) is 85.7 cm³/mol. The van der Waals surface area contributed by atoms with Crippen LogP contribution in [0.1, 0.15) is 35.8 Å². The van der Waals surface area contributed by atoms with Gasteiger partial charge >= 0.3 is 0 Å².